The Morgan fingerprint density at radius 2 is 1.29 bits per heavy atom. The Kier molecular flexibility index (Phi) is 7.48. The minimum atomic E-state index is -0.292. The Balaban J connectivity index is 2.24. The summed E-state index contributed by atoms with van der Waals surface area (Å²) < 4.78 is 0. The molecule has 0 bridgehead atoms. The first kappa shape index (κ1) is 18.7. The van der Waals surface area contributed by atoms with Gasteiger partial charge in [-0.2, -0.15) is 0 Å². The molecule has 0 fully saturated rings. The van der Waals surface area contributed by atoms with Crippen LogP contribution in [0.3, 0.4) is 0 Å². The molecule has 0 saturated carbocycles. The molecule has 0 spiro atoms. The fourth-order valence-electron chi connectivity index (χ4n) is 3.23. The van der Waals surface area contributed by atoms with Crippen molar-refractivity contribution in [2.45, 2.75) is 58.8 Å². The van der Waals surface area contributed by atoms with Gasteiger partial charge in [-0.3, -0.25) is 4.90 Å². The Morgan fingerprint density at radius 3 is 1.67 bits per heavy atom. The van der Waals surface area contributed by atoms with Gasteiger partial charge in [0.05, 0.1) is 6.10 Å². The Hall–Kier alpha value is -1.64. The van der Waals surface area contributed by atoms with E-state index >= 15 is 0 Å². The third-order valence-electron chi connectivity index (χ3n) is 4.50. The van der Waals surface area contributed by atoms with Gasteiger partial charge in [0.15, 0.2) is 0 Å². The molecule has 2 heteroatoms. The van der Waals surface area contributed by atoms with Crippen molar-refractivity contribution in [3.05, 3.63) is 71.8 Å². The SMILES string of the molecule is CC[C@H](O)[C@H](CC(C)C)N(Cc1ccccc1)Cc1ccccc1. The number of aliphatic hydroxyl groups is 1. The zero-order valence-electron chi connectivity index (χ0n) is 15.2. The molecule has 0 radical (unpaired) electrons. The summed E-state index contributed by atoms with van der Waals surface area (Å²) in [5.74, 6) is 0.560. The molecule has 130 valence electrons. The summed E-state index contributed by atoms with van der Waals surface area (Å²) in [6.45, 7) is 8.27. The van der Waals surface area contributed by atoms with Crippen molar-refractivity contribution in [1.82, 2.24) is 4.90 Å². The average Bonchev–Trinajstić information content (AvgIpc) is 2.60. The Bertz CT molecular complexity index is 526. The lowest BCUT2D eigenvalue weighted by molar-refractivity contribution is 0.0258. The molecule has 0 aromatic heterocycles. The van der Waals surface area contributed by atoms with Crippen molar-refractivity contribution in [3.8, 4) is 0 Å². The van der Waals surface area contributed by atoms with Gasteiger partial charge in [-0.1, -0.05) is 81.4 Å². The maximum Gasteiger partial charge on any atom is 0.0693 e. The fraction of sp³-hybridized carbons (Fsp3) is 0.455. The summed E-state index contributed by atoms with van der Waals surface area (Å²) in [5.41, 5.74) is 2.59. The van der Waals surface area contributed by atoms with Gasteiger partial charge in [-0.05, 0) is 29.9 Å². The standard InChI is InChI=1S/C22H31NO/c1-4-22(24)21(15-18(2)3)23(16-19-11-7-5-8-12-19)17-20-13-9-6-10-14-20/h5-14,18,21-22,24H,4,15-17H2,1-3H3/t21-,22-/m0/s1. The van der Waals surface area contributed by atoms with Crippen molar-refractivity contribution >= 4 is 0 Å². The van der Waals surface area contributed by atoms with Gasteiger partial charge in [-0.25, -0.2) is 0 Å². The molecule has 2 aromatic rings. The van der Waals surface area contributed by atoms with Crippen molar-refractivity contribution in [1.29, 1.82) is 0 Å². The van der Waals surface area contributed by atoms with E-state index in [4.69, 9.17) is 0 Å². The quantitative estimate of drug-likeness (QED) is 0.710. The molecule has 24 heavy (non-hydrogen) atoms. The zero-order valence-corrected chi connectivity index (χ0v) is 15.2. The van der Waals surface area contributed by atoms with E-state index in [1.54, 1.807) is 0 Å². The van der Waals surface area contributed by atoms with E-state index in [2.05, 4.69) is 86.3 Å². The highest BCUT2D eigenvalue weighted by atomic mass is 16.3. The molecule has 0 aliphatic heterocycles. The summed E-state index contributed by atoms with van der Waals surface area (Å²) in [5, 5.41) is 10.7. The molecule has 0 saturated heterocycles. The smallest absolute Gasteiger partial charge is 0.0693 e. The second-order valence-electron chi connectivity index (χ2n) is 7.05. The summed E-state index contributed by atoms with van der Waals surface area (Å²) in [6.07, 6.45) is 1.51. The van der Waals surface area contributed by atoms with Gasteiger partial charge in [-0.15, -0.1) is 0 Å². The van der Waals surface area contributed by atoms with Crippen molar-refractivity contribution < 1.29 is 5.11 Å². The van der Waals surface area contributed by atoms with Gasteiger partial charge in [0.1, 0.15) is 0 Å². The molecule has 0 amide bonds. The van der Waals surface area contributed by atoms with Gasteiger partial charge in [0, 0.05) is 19.1 Å². The third kappa shape index (κ3) is 5.77. The highest BCUT2D eigenvalue weighted by molar-refractivity contribution is 5.17. The second kappa shape index (κ2) is 9.61. The number of rotatable bonds is 9. The molecule has 0 heterocycles. The van der Waals surface area contributed by atoms with E-state index in [0.717, 1.165) is 25.9 Å². The van der Waals surface area contributed by atoms with Crippen LogP contribution < -0.4 is 0 Å². The maximum absolute atomic E-state index is 10.7. The predicted molar refractivity (Wildman–Crippen MR) is 102 cm³/mol. The third-order valence-corrected chi connectivity index (χ3v) is 4.50. The summed E-state index contributed by atoms with van der Waals surface area (Å²) >= 11 is 0. The van der Waals surface area contributed by atoms with Crippen LogP contribution in [-0.4, -0.2) is 22.2 Å². The largest absolute Gasteiger partial charge is 0.392 e. The van der Waals surface area contributed by atoms with Crippen LogP contribution >= 0.6 is 0 Å². The lowest BCUT2D eigenvalue weighted by atomic mass is 9.95. The van der Waals surface area contributed by atoms with Crippen LogP contribution in [0.25, 0.3) is 0 Å². The van der Waals surface area contributed by atoms with Gasteiger partial charge in [0.25, 0.3) is 0 Å². The molecular formula is C22H31NO. The number of nitrogens with zero attached hydrogens (tertiary/aromatic N) is 1. The lowest BCUT2D eigenvalue weighted by Crippen LogP contribution is -2.43. The highest BCUT2D eigenvalue weighted by Gasteiger charge is 2.26. The number of hydrogen-bond donors (Lipinski definition) is 1. The Morgan fingerprint density at radius 1 is 0.833 bits per heavy atom. The Labute approximate surface area is 147 Å². The predicted octanol–water partition coefficient (Wildman–Crippen LogP) is 4.87. The maximum atomic E-state index is 10.7. The first-order valence-electron chi connectivity index (χ1n) is 9.10. The van der Waals surface area contributed by atoms with E-state index in [1.807, 2.05) is 0 Å². The van der Waals surface area contributed by atoms with Crippen LogP contribution in [0.5, 0.6) is 0 Å². The van der Waals surface area contributed by atoms with E-state index < -0.39 is 0 Å². The van der Waals surface area contributed by atoms with E-state index in [-0.39, 0.29) is 12.1 Å². The van der Waals surface area contributed by atoms with E-state index in [1.165, 1.54) is 11.1 Å². The summed E-state index contributed by atoms with van der Waals surface area (Å²) in [4.78, 5) is 2.44. The van der Waals surface area contributed by atoms with Crippen molar-refractivity contribution in [2.24, 2.45) is 5.92 Å². The second-order valence-corrected chi connectivity index (χ2v) is 7.05. The van der Waals surface area contributed by atoms with E-state index in [9.17, 15) is 5.11 Å². The first-order valence-corrected chi connectivity index (χ1v) is 9.10. The molecule has 2 rings (SSSR count). The van der Waals surface area contributed by atoms with Crippen LogP contribution in [0.4, 0.5) is 0 Å². The molecule has 2 aromatic carbocycles. The molecule has 0 aliphatic rings. The first-order chi connectivity index (χ1) is 11.6. The molecular weight excluding hydrogens is 294 g/mol. The molecule has 0 aliphatic carbocycles. The zero-order chi connectivity index (χ0) is 17.4. The lowest BCUT2D eigenvalue weighted by Gasteiger charge is -2.36. The van der Waals surface area contributed by atoms with E-state index in [0.29, 0.717) is 5.92 Å². The van der Waals surface area contributed by atoms with Gasteiger partial charge < -0.3 is 5.11 Å². The van der Waals surface area contributed by atoms with Crippen LogP contribution in [0.2, 0.25) is 0 Å². The average molecular weight is 325 g/mol. The molecule has 0 unspecified atom stereocenters. The molecule has 2 nitrogen and oxygen atoms in total. The minimum Gasteiger partial charge on any atom is -0.392 e. The molecule has 1 N–H and O–H groups in total. The van der Waals surface area contributed by atoms with Crippen molar-refractivity contribution in [2.75, 3.05) is 0 Å². The van der Waals surface area contributed by atoms with Crippen LogP contribution in [0, 0.1) is 5.92 Å². The summed E-state index contributed by atoms with van der Waals surface area (Å²) in [7, 11) is 0. The highest BCUT2D eigenvalue weighted by Crippen LogP contribution is 2.22. The van der Waals surface area contributed by atoms with Crippen molar-refractivity contribution in [3.63, 3.8) is 0 Å². The minimum absolute atomic E-state index is 0.176. The van der Waals surface area contributed by atoms with Crippen LogP contribution in [-0.2, 0) is 13.1 Å². The number of benzene rings is 2. The van der Waals surface area contributed by atoms with Gasteiger partial charge in [0.2, 0.25) is 0 Å². The normalized spacial score (nSPS) is 14.1. The fourth-order valence-corrected chi connectivity index (χ4v) is 3.23. The number of hydrogen-bond acceptors (Lipinski definition) is 2. The monoisotopic (exact) mass is 325 g/mol. The molecule has 2 atom stereocenters. The summed E-state index contributed by atoms with van der Waals surface area (Å²) in [6, 6.07) is 21.3. The van der Waals surface area contributed by atoms with Crippen LogP contribution in [0.15, 0.2) is 60.7 Å². The number of aliphatic hydroxyl groups excluding tert-OH is 1. The van der Waals surface area contributed by atoms with Gasteiger partial charge >= 0.3 is 0 Å². The van der Waals surface area contributed by atoms with Crippen LogP contribution in [0.1, 0.15) is 44.7 Å². The topological polar surface area (TPSA) is 23.5 Å².